The predicted molar refractivity (Wildman–Crippen MR) is 214 cm³/mol. The molecule has 1 heterocycles. The fourth-order valence-corrected chi connectivity index (χ4v) is 7.63. The molecule has 0 saturated heterocycles. The average molecular weight is 756 g/mol. The summed E-state index contributed by atoms with van der Waals surface area (Å²) in [5.41, 5.74) is 7.11. The molecule has 290 valence electrons. The summed E-state index contributed by atoms with van der Waals surface area (Å²) in [6.45, 7) is 7.75. The molecule has 1 aliphatic heterocycles. The van der Waals surface area contributed by atoms with Crippen LogP contribution in [0, 0.1) is 5.92 Å². The third-order valence-corrected chi connectivity index (χ3v) is 10.6. The quantitative estimate of drug-likeness (QED) is 0.0799. The second-order valence-corrected chi connectivity index (χ2v) is 14.2. The maximum Gasteiger partial charge on any atom is 0.407 e. The van der Waals surface area contributed by atoms with Crippen LogP contribution in [0.3, 0.4) is 0 Å². The highest BCUT2D eigenvalue weighted by molar-refractivity contribution is 5.86. The minimum Gasteiger partial charge on any atom is -0.454 e. The van der Waals surface area contributed by atoms with E-state index in [0.717, 1.165) is 33.4 Å². The Morgan fingerprint density at radius 1 is 0.839 bits per heavy atom. The van der Waals surface area contributed by atoms with E-state index >= 15 is 0 Å². The summed E-state index contributed by atoms with van der Waals surface area (Å²) in [5.74, 6) is -2.21. The fourth-order valence-electron chi connectivity index (χ4n) is 7.63. The van der Waals surface area contributed by atoms with Crippen LogP contribution in [-0.2, 0) is 36.8 Å². The van der Waals surface area contributed by atoms with E-state index in [-0.39, 0.29) is 56.9 Å². The van der Waals surface area contributed by atoms with Crippen LogP contribution in [0.4, 0.5) is 4.79 Å². The lowest BCUT2D eigenvalue weighted by Gasteiger charge is -2.36. The first-order valence-corrected chi connectivity index (χ1v) is 19.1. The highest BCUT2D eigenvalue weighted by Gasteiger charge is 2.34. The van der Waals surface area contributed by atoms with E-state index in [1.54, 1.807) is 41.3 Å². The number of hydrogen-bond acceptors (Lipinski definition) is 7. The molecule has 1 aliphatic carbocycles. The van der Waals surface area contributed by atoms with Crippen molar-refractivity contribution in [3.8, 4) is 11.1 Å². The Labute approximate surface area is 328 Å². The van der Waals surface area contributed by atoms with Gasteiger partial charge in [-0.2, -0.15) is 0 Å². The number of carbonyl (C=O) groups is 4. The molecule has 10 nitrogen and oxygen atoms in total. The van der Waals surface area contributed by atoms with E-state index in [9.17, 15) is 24.3 Å². The first-order chi connectivity index (χ1) is 27.3. The average Bonchev–Trinajstić information content (AvgIpc) is 3.55. The van der Waals surface area contributed by atoms with E-state index in [2.05, 4.69) is 35.9 Å². The molecule has 4 atom stereocenters. The minimum atomic E-state index is -1.05. The van der Waals surface area contributed by atoms with Crippen molar-refractivity contribution in [1.29, 1.82) is 0 Å². The normalized spacial score (nSPS) is 15.9. The van der Waals surface area contributed by atoms with Gasteiger partial charge in [-0.15, -0.1) is 13.2 Å². The lowest BCUT2D eigenvalue weighted by Crippen LogP contribution is -2.47. The van der Waals surface area contributed by atoms with Crippen molar-refractivity contribution in [2.75, 3.05) is 19.8 Å². The molecule has 0 aromatic heterocycles. The zero-order valence-electron chi connectivity index (χ0n) is 31.5. The Balaban J connectivity index is 1.09. The molecule has 0 fully saturated rings. The van der Waals surface area contributed by atoms with Gasteiger partial charge in [0.1, 0.15) is 18.8 Å². The molecule has 10 heteroatoms. The molecule has 56 heavy (non-hydrogen) atoms. The van der Waals surface area contributed by atoms with Crippen molar-refractivity contribution >= 4 is 23.9 Å². The Kier molecular flexibility index (Phi) is 13.5. The minimum absolute atomic E-state index is 0.0775. The number of aliphatic hydroxyl groups excluding tert-OH is 1. The van der Waals surface area contributed by atoms with Crippen LogP contribution in [-0.4, -0.2) is 65.7 Å². The van der Waals surface area contributed by atoms with Gasteiger partial charge in [-0.1, -0.05) is 115 Å². The van der Waals surface area contributed by atoms with Gasteiger partial charge in [-0.3, -0.25) is 9.59 Å². The maximum absolute atomic E-state index is 13.8. The summed E-state index contributed by atoms with van der Waals surface area (Å²) in [5, 5.41) is 15.7. The summed E-state index contributed by atoms with van der Waals surface area (Å²) in [7, 11) is 0. The zero-order valence-corrected chi connectivity index (χ0v) is 31.5. The van der Waals surface area contributed by atoms with Crippen LogP contribution in [0.1, 0.15) is 65.5 Å². The number of nitrogens with one attached hydrogen (secondary N) is 2. The topological polar surface area (TPSA) is 134 Å². The molecule has 3 N–H and O–H groups in total. The van der Waals surface area contributed by atoms with Crippen LogP contribution in [0.2, 0.25) is 0 Å². The van der Waals surface area contributed by atoms with Crippen LogP contribution in [0.25, 0.3) is 11.1 Å². The van der Waals surface area contributed by atoms with Gasteiger partial charge in [0.2, 0.25) is 11.8 Å². The van der Waals surface area contributed by atoms with Crippen LogP contribution < -0.4 is 10.6 Å². The van der Waals surface area contributed by atoms with Crippen LogP contribution >= 0.6 is 0 Å². The van der Waals surface area contributed by atoms with Gasteiger partial charge in [0.25, 0.3) is 0 Å². The number of allylic oxidation sites excluding steroid dienone is 2. The van der Waals surface area contributed by atoms with E-state index in [1.165, 1.54) is 0 Å². The lowest BCUT2D eigenvalue weighted by atomic mass is 9.92. The maximum atomic E-state index is 13.8. The molecule has 0 radical (unpaired) electrons. The Bertz CT molecular complexity index is 1990. The van der Waals surface area contributed by atoms with Gasteiger partial charge < -0.3 is 30.1 Å². The highest BCUT2D eigenvalue weighted by atomic mass is 16.6. The van der Waals surface area contributed by atoms with Crippen molar-refractivity contribution < 1.29 is 33.8 Å². The number of esters is 1. The van der Waals surface area contributed by atoms with E-state index in [0.29, 0.717) is 24.9 Å². The van der Waals surface area contributed by atoms with Gasteiger partial charge in [0.15, 0.2) is 0 Å². The number of aliphatic hydroxyl groups is 1. The van der Waals surface area contributed by atoms with Crippen molar-refractivity contribution in [1.82, 2.24) is 15.5 Å². The molecular weight excluding hydrogens is 707 g/mol. The first-order valence-electron chi connectivity index (χ1n) is 19.1. The molecule has 3 amide bonds. The Hall–Kier alpha value is -6.00. The third kappa shape index (κ3) is 9.44. The fraction of sp³-hybridized carbons (Fsp3) is 0.304. The summed E-state index contributed by atoms with van der Waals surface area (Å²) >= 11 is 0. The lowest BCUT2D eigenvalue weighted by molar-refractivity contribution is -0.152. The van der Waals surface area contributed by atoms with E-state index < -0.39 is 36.0 Å². The summed E-state index contributed by atoms with van der Waals surface area (Å²) in [6.07, 6.45) is 2.94. The van der Waals surface area contributed by atoms with Crippen molar-refractivity contribution in [3.63, 3.8) is 0 Å². The molecule has 4 aromatic carbocycles. The van der Waals surface area contributed by atoms with Gasteiger partial charge in [-0.25, -0.2) is 9.59 Å². The highest BCUT2D eigenvalue weighted by Crippen LogP contribution is 2.44. The second kappa shape index (κ2) is 19.0. The number of carbonyl (C=O) groups excluding carboxylic acids is 4. The van der Waals surface area contributed by atoms with Gasteiger partial charge in [0, 0.05) is 18.9 Å². The molecule has 4 aromatic rings. The second-order valence-electron chi connectivity index (χ2n) is 14.2. The number of fused-ring (bicyclic) bond motifs is 4. The molecule has 6 rings (SSSR count). The number of amides is 3. The number of nitrogens with zero attached hydrogens (tertiary/aromatic N) is 1. The Morgan fingerprint density at radius 2 is 1.48 bits per heavy atom. The molecular formula is C46H49N3O7. The standard InChI is InChI=1S/C46H49N3O7/c1-3-5-24-41(48-46(54)55-30-40-38-22-13-11-20-36(38)37-21-12-14-23-39(37)40)45(53)56-42(31-16-7-6-8-17-31)27-47-44(52)33(15-4-2)26-43(51)49-28-34-19-10-9-18-32(34)25-35(49)29-50/h3-4,6-14,16-23,33,35,40-42,50H,1-2,5,15,24-30H2,(H,47,52)(H,48,54). The number of benzene rings is 4. The van der Waals surface area contributed by atoms with Crippen LogP contribution in [0.15, 0.2) is 128 Å². The van der Waals surface area contributed by atoms with Crippen molar-refractivity contribution in [2.24, 2.45) is 5.92 Å². The van der Waals surface area contributed by atoms with E-state index in [1.807, 2.05) is 66.7 Å². The largest absolute Gasteiger partial charge is 0.454 e. The molecule has 0 bridgehead atoms. The monoisotopic (exact) mass is 755 g/mol. The first kappa shape index (κ1) is 39.7. The summed E-state index contributed by atoms with van der Waals surface area (Å²) in [4.78, 5) is 56.0. The predicted octanol–water partition coefficient (Wildman–Crippen LogP) is 6.79. The Morgan fingerprint density at radius 3 is 2.14 bits per heavy atom. The van der Waals surface area contributed by atoms with Gasteiger partial charge >= 0.3 is 12.1 Å². The summed E-state index contributed by atoms with van der Waals surface area (Å²) in [6, 6.07) is 31.5. The zero-order chi connectivity index (χ0) is 39.4. The number of ether oxygens (including phenoxy) is 2. The van der Waals surface area contributed by atoms with Gasteiger partial charge in [-0.05, 0) is 64.6 Å². The number of alkyl carbamates (subject to hydrolysis) is 1. The summed E-state index contributed by atoms with van der Waals surface area (Å²) < 4.78 is 11.7. The smallest absolute Gasteiger partial charge is 0.407 e. The van der Waals surface area contributed by atoms with Crippen LogP contribution in [0.5, 0.6) is 0 Å². The molecule has 0 spiro atoms. The van der Waals surface area contributed by atoms with Crippen molar-refractivity contribution in [3.05, 3.63) is 156 Å². The van der Waals surface area contributed by atoms with Gasteiger partial charge in [0.05, 0.1) is 25.1 Å². The number of hydrogen-bond donors (Lipinski definition) is 3. The molecule has 2 aliphatic rings. The molecule has 0 saturated carbocycles. The third-order valence-electron chi connectivity index (χ3n) is 10.6. The molecule has 4 unspecified atom stereocenters. The van der Waals surface area contributed by atoms with Crippen molar-refractivity contribution in [2.45, 2.75) is 62.8 Å². The van der Waals surface area contributed by atoms with E-state index in [4.69, 9.17) is 9.47 Å². The number of rotatable bonds is 17. The SMILES string of the molecule is C=CCCC(NC(=O)OCC1c2ccccc2-c2ccccc21)C(=O)OC(CNC(=O)C(CC=C)CC(=O)N1Cc2ccccc2CC1CO)c1ccccc1.